The summed E-state index contributed by atoms with van der Waals surface area (Å²) < 4.78 is 4.77. The zero-order valence-electron chi connectivity index (χ0n) is 18.6. The number of rotatable bonds is 3. The van der Waals surface area contributed by atoms with Crippen molar-refractivity contribution in [2.75, 3.05) is 0 Å². The van der Waals surface area contributed by atoms with Gasteiger partial charge in [-0.05, 0) is 53.1 Å². The molecule has 7 aromatic rings. The van der Waals surface area contributed by atoms with Crippen molar-refractivity contribution in [2.24, 2.45) is 0 Å². The zero-order valence-corrected chi connectivity index (χ0v) is 18.6. The van der Waals surface area contributed by atoms with Crippen molar-refractivity contribution >= 4 is 27.5 Å². The summed E-state index contributed by atoms with van der Waals surface area (Å²) in [5.74, 6) is 0. The topological polar surface area (TPSA) is 9.34 Å². The summed E-state index contributed by atoms with van der Waals surface area (Å²) in [7, 11) is 0. The Hall–Kier alpha value is -4.56. The molecule has 3 aromatic heterocycles. The van der Waals surface area contributed by atoms with Gasteiger partial charge in [-0.1, -0.05) is 91.0 Å². The molecule has 0 spiro atoms. The molecular formula is C32H22N2. The van der Waals surface area contributed by atoms with E-state index in [0.717, 1.165) is 0 Å². The van der Waals surface area contributed by atoms with E-state index in [1.807, 2.05) is 0 Å². The molecular weight excluding hydrogens is 412 g/mol. The van der Waals surface area contributed by atoms with E-state index in [4.69, 9.17) is 0 Å². The molecule has 2 heteroatoms. The number of benzene rings is 4. The molecule has 0 saturated heterocycles. The van der Waals surface area contributed by atoms with Crippen LogP contribution in [0.5, 0.6) is 0 Å². The van der Waals surface area contributed by atoms with E-state index in [0.29, 0.717) is 0 Å². The quantitative estimate of drug-likeness (QED) is 0.264. The first kappa shape index (κ1) is 19.0. The van der Waals surface area contributed by atoms with Gasteiger partial charge in [0.2, 0.25) is 0 Å². The summed E-state index contributed by atoms with van der Waals surface area (Å²) in [6, 6.07) is 45.4. The second-order valence-electron chi connectivity index (χ2n) is 8.66. The molecule has 0 saturated carbocycles. The smallest absolute Gasteiger partial charge is 0.0809 e. The number of nitrogens with zero attached hydrogens (tertiary/aromatic N) is 2. The number of para-hydroxylation sites is 2. The fraction of sp³-hybridized carbons (Fsp3) is 0. The molecule has 0 aliphatic carbocycles. The van der Waals surface area contributed by atoms with Gasteiger partial charge in [0.25, 0.3) is 0 Å². The highest BCUT2D eigenvalue weighted by Gasteiger charge is 2.22. The molecule has 0 unspecified atom stereocenters. The van der Waals surface area contributed by atoms with Crippen LogP contribution in [0.15, 0.2) is 134 Å². The number of pyridine rings is 1. The van der Waals surface area contributed by atoms with E-state index in [2.05, 4.69) is 143 Å². The summed E-state index contributed by atoms with van der Waals surface area (Å²) in [6.07, 6.45) is 2.18. The third-order valence-corrected chi connectivity index (χ3v) is 6.71. The lowest BCUT2D eigenvalue weighted by molar-refractivity contribution is 1.18. The molecule has 7 rings (SSSR count). The van der Waals surface area contributed by atoms with Crippen LogP contribution in [0, 0.1) is 0 Å². The van der Waals surface area contributed by atoms with Crippen LogP contribution in [-0.2, 0) is 0 Å². The minimum absolute atomic E-state index is 1.17. The van der Waals surface area contributed by atoms with Gasteiger partial charge in [0.1, 0.15) is 0 Å². The van der Waals surface area contributed by atoms with Gasteiger partial charge in [-0.2, -0.15) is 0 Å². The molecule has 0 atom stereocenters. The van der Waals surface area contributed by atoms with E-state index in [-0.39, 0.29) is 0 Å². The van der Waals surface area contributed by atoms with E-state index in [9.17, 15) is 0 Å². The van der Waals surface area contributed by atoms with E-state index < -0.39 is 0 Å². The average molecular weight is 435 g/mol. The minimum Gasteiger partial charge on any atom is -0.314 e. The van der Waals surface area contributed by atoms with E-state index in [1.54, 1.807) is 0 Å². The second-order valence-corrected chi connectivity index (χ2v) is 8.66. The Bertz CT molecular complexity index is 1790. The van der Waals surface area contributed by atoms with Gasteiger partial charge in [-0.15, -0.1) is 0 Å². The standard InChI is InChI=1S/C32H22N2/c1-3-12-23(13-4-1)24-14-11-15-25(22-24)30-29-20-9-10-21-33(29)31-27-18-7-8-19-28(27)34(32(30)31)26-16-5-2-6-17-26/h1-22H. The summed E-state index contributed by atoms with van der Waals surface area (Å²) in [5.41, 5.74) is 11.0. The molecule has 0 bridgehead atoms. The Morgan fingerprint density at radius 2 is 1.09 bits per heavy atom. The van der Waals surface area contributed by atoms with Crippen LogP contribution >= 0.6 is 0 Å². The maximum absolute atomic E-state index is 2.42. The van der Waals surface area contributed by atoms with Crippen molar-refractivity contribution in [3.8, 4) is 27.9 Å². The Kier molecular flexibility index (Phi) is 4.18. The van der Waals surface area contributed by atoms with Gasteiger partial charge in [0, 0.05) is 22.8 Å². The first-order valence-corrected chi connectivity index (χ1v) is 11.6. The van der Waals surface area contributed by atoms with Gasteiger partial charge in [-0.25, -0.2) is 0 Å². The van der Waals surface area contributed by atoms with Crippen LogP contribution in [0.4, 0.5) is 0 Å². The SMILES string of the molecule is c1ccc(-c2cccc(-c3c4c(c5ccccc5n4-c4ccccc4)n4ccccc34)c2)cc1. The van der Waals surface area contributed by atoms with Crippen molar-refractivity contribution in [3.63, 3.8) is 0 Å². The lowest BCUT2D eigenvalue weighted by Gasteiger charge is -2.11. The normalized spacial score (nSPS) is 11.5. The van der Waals surface area contributed by atoms with Gasteiger partial charge in [0.15, 0.2) is 0 Å². The van der Waals surface area contributed by atoms with Gasteiger partial charge >= 0.3 is 0 Å². The molecule has 0 N–H and O–H groups in total. The fourth-order valence-electron chi connectivity index (χ4n) is 5.27. The van der Waals surface area contributed by atoms with Crippen LogP contribution in [0.1, 0.15) is 0 Å². The van der Waals surface area contributed by atoms with Crippen molar-refractivity contribution in [2.45, 2.75) is 0 Å². The lowest BCUT2D eigenvalue weighted by Crippen LogP contribution is -1.94. The molecule has 0 amide bonds. The van der Waals surface area contributed by atoms with Crippen molar-refractivity contribution < 1.29 is 0 Å². The molecule has 3 heterocycles. The van der Waals surface area contributed by atoms with E-state index >= 15 is 0 Å². The lowest BCUT2D eigenvalue weighted by atomic mass is 9.99. The minimum atomic E-state index is 1.17. The highest BCUT2D eigenvalue weighted by Crippen LogP contribution is 2.42. The monoisotopic (exact) mass is 434 g/mol. The van der Waals surface area contributed by atoms with Crippen molar-refractivity contribution in [1.29, 1.82) is 0 Å². The summed E-state index contributed by atoms with van der Waals surface area (Å²) in [4.78, 5) is 0. The zero-order chi connectivity index (χ0) is 22.5. The predicted molar refractivity (Wildman–Crippen MR) is 143 cm³/mol. The van der Waals surface area contributed by atoms with Gasteiger partial charge < -0.3 is 8.97 Å². The van der Waals surface area contributed by atoms with E-state index in [1.165, 1.54) is 55.4 Å². The van der Waals surface area contributed by atoms with Crippen LogP contribution in [-0.4, -0.2) is 8.97 Å². The first-order chi connectivity index (χ1) is 16.9. The maximum atomic E-state index is 2.42. The molecule has 0 fully saturated rings. The van der Waals surface area contributed by atoms with Crippen molar-refractivity contribution in [1.82, 2.24) is 8.97 Å². The summed E-state index contributed by atoms with van der Waals surface area (Å²) in [6.45, 7) is 0. The molecule has 2 nitrogen and oxygen atoms in total. The van der Waals surface area contributed by atoms with Gasteiger partial charge in [-0.3, -0.25) is 0 Å². The predicted octanol–water partition coefficient (Wildman–Crippen LogP) is 8.37. The van der Waals surface area contributed by atoms with Crippen molar-refractivity contribution in [3.05, 3.63) is 134 Å². The molecule has 160 valence electrons. The number of hydrogen-bond acceptors (Lipinski definition) is 0. The molecule has 34 heavy (non-hydrogen) atoms. The van der Waals surface area contributed by atoms with Crippen LogP contribution in [0.2, 0.25) is 0 Å². The largest absolute Gasteiger partial charge is 0.314 e. The fourth-order valence-corrected chi connectivity index (χ4v) is 5.27. The summed E-state index contributed by atoms with van der Waals surface area (Å²) >= 11 is 0. The van der Waals surface area contributed by atoms with Crippen LogP contribution in [0.25, 0.3) is 55.4 Å². The maximum Gasteiger partial charge on any atom is 0.0809 e. The Labute approximate surface area is 198 Å². The second kappa shape index (κ2) is 7.50. The highest BCUT2D eigenvalue weighted by molar-refractivity contribution is 6.17. The molecule has 0 aliphatic heterocycles. The van der Waals surface area contributed by atoms with Crippen LogP contribution < -0.4 is 0 Å². The third kappa shape index (κ3) is 2.76. The first-order valence-electron chi connectivity index (χ1n) is 11.6. The van der Waals surface area contributed by atoms with Crippen LogP contribution in [0.3, 0.4) is 0 Å². The molecule has 4 aromatic carbocycles. The average Bonchev–Trinajstić information content (AvgIpc) is 3.42. The summed E-state index contributed by atoms with van der Waals surface area (Å²) in [5, 5.41) is 1.26. The van der Waals surface area contributed by atoms with Gasteiger partial charge in [0.05, 0.1) is 22.1 Å². The molecule has 0 radical (unpaired) electrons. The Balaban J connectivity index is 1.65. The number of aromatic nitrogens is 2. The Morgan fingerprint density at radius 3 is 1.94 bits per heavy atom. The number of hydrogen-bond donors (Lipinski definition) is 0. The molecule has 0 aliphatic rings. The Morgan fingerprint density at radius 1 is 0.441 bits per heavy atom. The number of fused-ring (bicyclic) bond motifs is 5. The highest BCUT2D eigenvalue weighted by atomic mass is 15.0. The third-order valence-electron chi connectivity index (χ3n) is 6.71.